The Labute approximate surface area is 142 Å². The van der Waals surface area contributed by atoms with Crippen LogP contribution in [0, 0.1) is 11.6 Å². The highest BCUT2D eigenvalue weighted by Crippen LogP contribution is 2.27. The smallest absolute Gasteiger partial charge is 0.260 e. The van der Waals surface area contributed by atoms with E-state index in [1.165, 1.54) is 24.1 Å². The third-order valence-corrected chi connectivity index (χ3v) is 3.64. The number of amides is 1. The zero-order valence-electron chi connectivity index (χ0n) is 12.2. The van der Waals surface area contributed by atoms with Crippen LogP contribution in [0.1, 0.15) is 5.56 Å². The van der Waals surface area contributed by atoms with E-state index in [9.17, 15) is 13.6 Å². The molecule has 7 heteroatoms. The number of carbonyl (C=O) groups excluding carboxylic acids is 1. The van der Waals surface area contributed by atoms with Gasteiger partial charge in [-0.25, -0.2) is 8.78 Å². The molecule has 0 radical (unpaired) electrons. The first-order chi connectivity index (χ1) is 10.9. The quantitative estimate of drug-likeness (QED) is 0.795. The van der Waals surface area contributed by atoms with Crippen molar-refractivity contribution < 1.29 is 18.3 Å². The molecular weight excluding hydrogens is 347 g/mol. The van der Waals surface area contributed by atoms with Crippen LogP contribution in [0.4, 0.5) is 8.78 Å². The van der Waals surface area contributed by atoms with Crippen LogP contribution in [0.2, 0.25) is 10.0 Å². The first kappa shape index (κ1) is 17.5. The Morgan fingerprint density at radius 3 is 2.61 bits per heavy atom. The van der Waals surface area contributed by atoms with Crippen molar-refractivity contribution in [2.24, 2.45) is 0 Å². The predicted octanol–water partition coefficient (Wildman–Crippen LogP) is 4.31. The molecule has 0 aliphatic rings. The number of hydrogen-bond acceptors (Lipinski definition) is 2. The number of rotatable bonds is 5. The van der Waals surface area contributed by atoms with Gasteiger partial charge in [0.15, 0.2) is 6.61 Å². The zero-order valence-corrected chi connectivity index (χ0v) is 13.7. The van der Waals surface area contributed by atoms with E-state index in [-0.39, 0.29) is 30.4 Å². The summed E-state index contributed by atoms with van der Waals surface area (Å²) < 4.78 is 31.8. The fourth-order valence-electron chi connectivity index (χ4n) is 1.83. The maximum absolute atomic E-state index is 13.6. The molecule has 0 spiro atoms. The third kappa shape index (κ3) is 4.81. The topological polar surface area (TPSA) is 29.5 Å². The van der Waals surface area contributed by atoms with Crippen LogP contribution in [0.5, 0.6) is 5.75 Å². The number of nitrogens with zero attached hydrogens (tertiary/aromatic N) is 1. The van der Waals surface area contributed by atoms with Crippen molar-refractivity contribution in [2.75, 3.05) is 13.7 Å². The summed E-state index contributed by atoms with van der Waals surface area (Å²) in [5, 5.41) is 0.757. The fourth-order valence-corrected chi connectivity index (χ4v) is 2.17. The highest BCUT2D eigenvalue weighted by molar-refractivity contribution is 6.34. The lowest BCUT2D eigenvalue weighted by atomic mass is 10.2. The van der Waals surface area contributed by atoms with Gasteiger partial charge in [0, 0.05) is 36.3 Å². The second-order valence-corrected chi connectivity index (χ2v) is 5.69. The van der Waals surface area contributed by atoms with Crippen LogP contribution in [-0.4, -0.2) is 24.5 Å². The van der Waals surface area contributed by atoms with Crippen LogP contribution in [-0.2, 0) is 11.3 Å². The predicted molar refractivity (Wildman–Crippen MR) is 84.8 cm³/mol. The maximum Gasteiger partial charge on any atom is 0.260 e. The normalized spacial score (nSPS) is 10.5. The Bertz CT molecular complexity index is 725. The van der Waals surface area contributed by atoms with Crippen molar-refractivity contribution in [3.63, 3.8) is 0 Å². The Morgan fingerprint density at radius 1 is 1.17 bits per heavy atom. The van der Waals surface area contributed by atoms with Gasteiger partial charge in [0.1, 0.15) is 17.4 Å². The van der Waals surface area contributed by atoms with Gasteiger partial charge < -0.3 is 9.64 Å². The molecule has 0 aromatic heterocycles. The number of likely N-dealkylation sites (N-methyl/N-ethyl adjacent to an activating group) is 1. The number of ether oxygens (including phenoxy) is 1. The van der Waals surface area contributed by atoms with E-state index < -0.39 is 11.6 Å². The Balaban J connectivity index is 1.96. The van der Waals surface area contributed by atoms with Gasteiger partial charge in [-0.05, 0) is 18.2 Å². The minimum absolute atomic E-state index is 0.00240. The highest BCUT2D eigenvalue weighted by atomic mass is 35.5. The molecule has 3 nitrogen and oxygen atoms in total. The summed E-state index contributed by atoms with van der Waals surface area (Å²) in [6.07, 6.45) is 0. The second kappa shape index (κ2) is 7.62. The summed E-state index contributed by atoms with van der Waals surface area (Å²) in [4.78, 5) is 13.3. The molecule has 0 saturated heterocycles. The SMILES string of the molecule is CN(Cc1ccc(F)cc1F)C(=O)COc1cc(Cl)ccc1Cl. The van der Waals surface area contributed by atoms with Crippen LogP contribution in [0.15, 0.2) is 36.4 Å². The molecule has 0 aliphatic carbocycles. The molecule has 0 bridgehead atoms. The molecular formula is C16H13Cl2F2NO2. The van der Waals surface area contributed by atoms with Crippen molar-refractivity contribution in [1.29, 1.82) is 0 Å². The molecule has 0 N–H and O–H groups in total. The Kier molecular flexibility index (Phi) is 5.80. The maximum atomic E-state index is 13.6. The summed E-state index contributed by atoms with van der Waals surface area (Å²) >= 11 is 11.8. The average Bonchev–Trinajstić information content (AvgIpc) is 2.50. The van der Waals surface area contributed by atoms with Gasteiger partial charge in [-0.1, -0.05) is 29.3 Å². The van der Waals surface area contributed by atoms with Gasteiger partial charge in [-0.15, -0.1) is 0 Å². The van der Waals surface area contributed by atoms with Gasteiger partial charge in [-0.3, -0.25) is 4.79 Å². The fraction of sp³-hybridized carbons (Fsp3) is 0.188. The minimum atomic E-state index is -0.705. The van der Waals surface area contributed by atoms with Crippen molar-refractivity contribution >= 4 is 29.1 Å². The van der Waals surface area contributed by atoms with Gasteiger partial charge in [0.25, 0.3) is 5.91 Å². The van der Waals surface area contributed by atoms with E-state index in [0.29, 0.717) is 10.0 Å². The van der Waals surface area contributed by atoms with Crippen LogP contribution in [0.25, 0.3) is 0 Å². The largest absolute Gasteiger partial charge is 0.482 e. The van der Waals surface area contributed by atoms with E-state index in [2.05, 4.69) is 0 Å². The number of hydrogen-bond donors (Lipinski definition) is 0. The first-order valence-corrected chi connectivity index (χ1v) is 7.38. The van der Waals surface area contributed by atoms with Gasteiger partial charge in [0.2, 0.25) is 0 Å². The average molecular weight is 360 g/mol. The summed E-state index contributed by atoms with van der Waals surface area (Å²) in [5.74, 6) is -1.47. The van der Waals surface area contributed by atoms with Crippen LogP contribution < -0.4 is 4.74 Å². The van der Waals surface area contributed by atoms with Crippen LogP contribution >= 0.6 is 23.2 Å². The van der Waals surface area contributed by atoms with E-state index in [4.69, 9.17) is 27.9 Å². The van der Waals surface area contributed by atoms with E-state index >= 15 is 0 Å². The summed E-state index contributed by atoms with van der Waals surface area (Å²) in [6, 6.07) is 7.86. The summed E-state index contributed by atoms with van der Waals surface area (Å²) in [5.41, 5.74) is 0.211. The Morgan fingerprint density at radius 2 is 1.91 bits per heavy atom. The molecule has 0 unspecified atom stereocenters. The molecule has 0 saturated carbocycles. The molecule has 0 aliphatic heterocycles. The third-order valence-electron chi connectivity index (χ3n) is 3.09. The number of halogens is 4. The Hall–Kier alpha value is -1.85. The molecule has 0 fully saturated rings. The van der Waals surface area contributed by atoms with Gasteiger partial charge in [-0.2, -0.15) is 0 Å². The highest BCUT2D eigenvalue weighted by Gasteiger charge is 2.14. The van der Waals surface area contributed by atoms with Crippen LogP contribution in [0.3, 0.4) is 0 Å². The molecule has 23 heavy (non-hydrogen) atoms. The molecule has 1 amide bonds. The molecule has 2 rings (SSSR count). The first-order valence-electron chi connectivity index (χ1n) is 6.62. The monoisotopic (exact) mass is 359 g/mol. The molecule has 122 valence electrons. The van der Waals surface area contributed by atoms with E-state index in [0.717, 1.165) is 12.1 Å². The van der Waals surface area contributed by atoms with E-state index in [1.54, 1.807) is 12.1 Å². The lowest BCUT2D eigenvalue weighted by Crippen LogP contribution is -2.31. The molecule has 0 heterocycles. The molecule has 2 aromatic rings. The van der Waals surface area contributed by atoms with Crippen molar-refractivity contribution in [3.8, 4) is 5.75 Å². The van der Waals surface area contributed by atoms with E-state index in [1.807, 2.05) is 0 Å². The lowest BCUT2D eigenvalue weighted by molar-refractivity contribution is -0.132. The lowest BCUT2D eigenvalue weighted by Gasteiger charge is -2.18. The zero-order chi connectivity index (χ0) is 17.0. The number of carbonyl (C=O) groups is 1. The standard InChI is InChI=1S/C16H13Cl2F2NO2/c1-21(8-10-2-4-12(19)7-14(10)20)16(22)9-23-15-6-11(17)3-5-13(15)18/h2-7H,8-9H2,1H3. The second-order valence-electron chi connectivity index (χ2n) is 4.85. The van der Waals surface area contributed by atoms with Gasteiger partial charge >= 0.3 is 0 Å². The number of benzene rings is 2. The summed E-state index contributed by atoms with van der Waals surface area (Å²) in [7, 11) is 1.49. The van der Waals surface area contributed by atoms with Crippen molar-refractivity contribution in [3.05, 3.63) is 63.6 Å². The van der Waals surface area contributed by atoms with Crippen molar-refractivity contribution in [2.45, 2.75) is 6.54 Å². The van der Waals surface area contributed by atoms with Crippen molar-refractivity contribution in [1.82, 2.24) is 4.90 Å². The minimum Gasteiger partial charge on any atom is -0.482 e. The summed E-state index contributed by atoms with van der Waals surface area (Å²) in [6.45, 7) is -0.281. The molecule has 0 atom stereocenters. The van der Waals surface area contributed by atoms with Gasteiger partial charge in [0.05, 0.1) is 5.02 Å². The molecule has 2 aromatic carbocycles.